The molecule has 0 radical (unpaired) electrons. The lowest BCUT2D eigenvalue weighted by atomic mass is 9.98. The highest BCUT2D eigenvalue weighted by molar-refractivity contribution is 7.16. The molecule has 2 aromatic heterocycles. The van der Waals surface area contributed by atoms with Crippen molar-refractivity contribution in [1.29, 1.82) is 0 Å². The number of nitrogens with zero attached hydrogens (tertiary/aromatic N) is 1. The summed E-state index contributed by atoms with van der Waals surface area (Å²) in [5, 5.41) is 4.86. The average Bonchev–Trinajstić information content (AvgIpc) is 2.94. The molecule has 2 aromatic rings. The maximum absolute atomic E-state index is 6.02. The fourth-order valence-electron chi connectivity index (χ4n) is 2.22. The first-order valence-electron chi connectivity index (χ1n) is 7.17. The molecule has 2 rings (SSSR count). The van der Waals surface area contributed by atoms with Gasteiger partial charge in [-0.1, -0.05) is 32.4 Å². The lowest BCUT2D eigenvalue weighted by molar-refractivity contribution is 0.503. The summed E-state index contributed by atoms with van der Waals surface area (Å²) in [5.74, 6) is 0. The van der Waals surface area contributed by atoms with Crippen LogP contribution in [0.1, 0.15) is 67.2 Å². The van der Waals surface area contributed by atoms with Crippen LogP contribution in [-0.2, 0) is 5.41 Å². The fraction of sp³-hybridized carbons (Fsp3) is 0.562. The van der Waals surface area contributed by atoms with Crippen molar-refractivity contribution in [1.82, 2.24) is 10.3 Å². The second-order valence-electron chi connectivity index (χ2n) is 6.47. The van der Waals surface area contributed by atoms with Gasteiger partial charge in [-0.3, -0.25) is 0 Å². The molecular formula is C16H23ClN2S2. The predicted molar refractivity (Wildman–Crippen MR) is 94.8 cm³/mol. The smallest absolute Gasteiger partial charge is 0.0985 e. The van der Waals surface area contributed by atoms with E-state index >= 15 is 0 Å². The van der Waals surface area contributed by atoms with E-state index in [1.165, 1.54) is 14.8 Å². The van der Waals surface area contributed by atoms with Crippen molar-refractivity contribution in [3.05, 3.63) is 36.9 Å². The zero-order chi connectivity index (χ0) is 15.8. The second-order valence-corrected chi connectivity index (χ2v) is 9.25. The van der Waals surface area contributed by atoms with Crippen molar-refractivity contribution in [2.24, 2.45) is 0 Å². The normalized spacial score (nSPS) is 15.2. The van der Waals surface area contributed by atoms with Gasteiger partial charge in [-0.05, 0) is 32.9 Å². The third-order valence-corrected chi connectivity index (χ3v) is 6.57. The number of rotatable bonds is 4. The van der Waals surface area contributed by atoms with Crippen LogP contribution >= 0.6 is 34.3 Å². The molecule has 0 aromatic carbocycles. The molecule has 2 nitrogen and oxygen atoms in total. The van der Waals surface area contributed by atoms with Gasteiger partial charge in [0, 0.05) is 27.3 Å². The van der Waals surface area contributed by atoms with Crippen LogP contribution in [0.3, 0.4) is 0 Å². The molecule has 0 bridgehead atoms. The molecule has 0 amide bonds. The van der Waals surface area contributed by atoms with Crippen LogP contribution in [0.4, 0.5) is 0 Å². The Bertz CT molecular complexity index is 610. The molecule has 0 saturated heterocycles. The fourth-order valence-corrected chi connectivity index (χ4v) is 4.43. The van der Waals surface area contributed by atoms with Gasteiger partial charge in [-0.25, -0.2) is 4.98 Å². The lowest BCUT2D eigenvalue weighted by Crippen LogP contribution is -2.21. The Hall–Kier alpha value is -0.420. The maximum atomic E-state index is 6.02. The molecule has 2 heterocycles. The maximum Gasteiger partial charge on any atom is 0.0985 e. The van der Waals surface area contributed by atoms with Gasteiger partial charge in [0.25, 0.3) is 0 Å². The largest absolute Gasteiger partial charge is 0.302 e. The highest BCUT2D eigenvalue weighted by atomic mass is 35.5. The molecule has 116 valence electrons. The Morgan fingerprint density at radius 1 is 1.14 bits per heavy atom. The van der Waals surface area contributed by atoms with E-state index in [2.05, 4.69) is 52.9 Å². The first-order valence-corrected chi connectivity index (χ1v) is 9.18. The summed E-state index contributed by atoms with van der Waals surface area (Å²) in [4.78, 5) is 7.34. The van der Waals surface area contributed by atoms with Crippen molar-refractivity contribution >= 4 is 34.3 Å². The van der Waals surface area contributed by atoms with Gasteiger partial charge < -0.3 is 5.32 Å². The van der Waals surface area contributed by atoms with E-state index in [-0.39, 0.29) is 17.5 Å². The van der Waals surface area contributed by atoms with Gasteiger partial charge in [0.05, 0.1) is 15.0 Å². The Morgan fingerprint density at radius 2 is 1.81 bits per heavy atom. The van der Waals surface area contributed by atoms with E-state index < -0.39 is 0 Å². The minimum Gasteiger partial charge on any atom is -0.302 e. The summed E-state index contributed by atoms with van der Waals surface area (Å²) < 4.78 is 0.843. The monoisotopic (exact) mass is 342 g/mol. The van der Waals surface area contributed by atoms with E-state index in [0.717, 1.165) is 10.0 Å². The predicted octanol–water partition coefficient (Wildman–Crippen LogP) is 5.88. The number of nitrogens with one attached hydrogen (secondary N) is 1. The van der Waals surface area contributed by atoms with E-state index in [1.807, 2.05) is 17.4 Å². The summed E-state index contributed by atoms with van der Waals surface area (Å²) in [6, 6.07) is 4.63. The Morgan fingerprint density at radius 3 is 2.29 bits per heavy atom. The third-order valence-electron chi connectivity index (χ3n) is 3.39. The molecule has 2 atom stereocenters. The van der Waals surface area contributed by atoms with E-state index in [0.29, 0.717) is 0 Å². The Balaban J connectivity index is 2.13. The van der Waals surface area contributed by atoms with E-state index in [9.17, 15) is 0 Å². The SMILES string of the molecule is Cc1nc(C(C)(C)C)sc1C(C)NC(C)c1ccc(Cl)s1. The number of halogens is 1. The van der Waals surface area contributed by atoms with Crippen LogP contribution in [0.5, 0.6) is 0 Å². The number of hydrogen-bond acceptors (Lipinski definition) is 4. The number of aryl methyl sites for hydroxylation is 1. The van der Waals surface area contributed by atoms with Crippen LogP contribution < -0.4 is 5.32 Å². The first kappa shape index (κ1) is 16.9. The van der Waals surface area contributed by atoms with Gasteiger partial charge in [0.2, 0.25) is 0 Å². The van der Waals surface area contributed by atoms with Gasteiger partial charge in [-0.2, -0.15) is 0 Å². The molecule has 2 unspecified atom stereocenters. The molecular weight excluding hydrogens is 320 g/mol. The number of hydrogen-bond donors (Lipinski definition) is 1. The molecule has 0 fully saturated rings. The minimum absolute atomic E-state index is 0.111. The second kappa shape index (κ2) is 6.37. The molecule has 0 saturated carbocycles. The van der Waals surface area contributed by atoms with Gasteiger partial charge in [-0.15, -0.1) is 22.7 Å². The van der Waals surface area contributed by atoms with E-state index in [1.54, 1.807) is 11.3 Å². The quantitative estimate of drug-likeness (QED) is 0.750. The van der Waals surface area contributed by atoms with Crippen LogP contribution in [0.15, 0.2) is 12.1 Å². The molecule has 0 aliphatic rings. The molecule has 21 heavy (non-hydrogen) atoms. The van der Waals surface area contributed by atoms with E-state index in [4.69, 9.17) is 16.6 Å². The number of thiophene rings is 1. The van der Waals surface area contributed by atoms with Crippen molar-refractivity contribution in [3.8, 4) is 0 Å². The van der Waals surface area contributed by atoms with Crippen molar-refractivity contribution in [2.75, 3.05) is 0 Å². The molecule has 0 aliphatic heterocycles. The lowest BCUT2D eigenvalue weighted by Gasteiger charge is -2.18. The van der Waals surface area contributed by atoms with Crippen LogP contribution in [0.25, 0.3) is 0 Å². The molecule has 5 heteroatoms. The Labute approximate surface area is 140 Å². The van der Waals surface area contributed by atoms with Crippen molar-refractivity contribution < 1.29 is 0 Å². The standard InChI is InChI=1S/C16H23ClN2S2/c1-9(12-7-8-13(17)20-12)18-10(2)14-11(3)19-15(21-14)16(4,5)6/h7-10,18H,1-6H3. The Kier molecular flexibility index (Phi) is 5.14. The summed E-state index contributed by atoms with van der Waals surface area (Å²) in [6.07, 6.45) is 0. The van der Waals surface area contributed by atoms with Crippen LogP contribution in [0, 0.1) is 6.92 Å². The van der Waals surface area contributed by atoms with Gasteiger partial charge in [0.15, 0.2) is 0 Å². The highest BCUT2D eigenvalue weighted by Crippen LogP contribution is 2.34. The summed E-state index contributed by atoms with van der Waals surface area (Å²) >= 11 is 9.48. The van der Waals surface area contributed by atoms with Crippen molar-refractivity contribution in [2.45, 2.75) is 59.0 Å². The molecule has 0 aliphatic carbocycles. The average molecular weight is 343 g/mol. The van der Waals surface area contributed by atoms with Gasteiger partial charge in [0.1, 0.15) is 0 Å². The third kappa shape index (κ3) is 4.07. The minimum atomic E-state index is 0.111. The molecule has 0 spiro atoms. The summed E-state index contributed by atoms with van der Waals surface area (Å²) in [6.45, 7) is 13.1. The number of aromatic nitrogens is 1. The zero-order valence-electron chi connectivity index (χ0n) is 13.5. The zero-order valence-corrected chi connectivity index (χ0v) is 15.8. The van der Waals surface area contributed by atoms with Crippen LogP contribution in [0.2, 0.25) is 4.34 Å². The topological polar surface area (TPSA) is 24.9 Å². The van der Waals surface area contributed by atoms with Crippen molar-refractivity contribution in [3.63, 3.8) is 0 Å². The van der Waals surface area contributed by atoms with Crippen LogP contribution in [-0.4, -0.2) is 4.98 Å². The summed E-state index contributed by atoms with van der Waals surface area (Å²) in [7, 11) is 0. The molecule has 1 N–H and O–H groups in total. The highest BCUT2D eigenvalue weighted by Gasteiger charge is 2.23. The first-order chi connectivity index (χ1) is 9.68. The number of thiazole rings is 1. The van der Waals surface area contributed by atoms with Gasteiger partial charge >= 0.3 is 0 Å². The summed E-state index contributed by atoms with van der Waals surface area (Å²) in [5.41, 5.74) is 1.25.